The number of nitrogens with zero attached hydrogens (tertiary/aromatic N) is 3. The van der Waals surface area contributed by atoms with Gasteiger partial charge in [0.15, 0.2) is 0 Å². The van der Waals surface area contributed by atoms with Gasteiger partial charge in [0, 0.05) is 35.3 Å². The van der Waals surface area contributed by atoms with Crippen LogP contribution in [0, 0.1) is 10.1 Å². The number of amides is 2. The molecule has 10 nitrogen and oxygen atoms in total. The van der Waals surface area contributed by atoms with Crippen molar-refractivity contribution in [2.24, 2.45) is 0 Å². The fraction of sp³-hybridized carbons (Fsp3) is 0.115. The zero-order valence-electron chi connectivity index (χ0n) is 19.2. The number of ether oxygens (including phenoxy) is 1. The first-order valence-corrected chi connectivity index (χ1v) is 11.1. The molecule has 2 N–H and O–H groups in total. The zero-order chi connectivity index (χ0) is 25.2. The number of nitro groups is 1. The van der Waals surface area contributed by atoms with E-state index in [2.05, 4.69) is 21.8 Å². The summed E-state index contributed by atoms with van der Waals surface area (Å²) in [5, 5.41) is 12.2. The van der Waals surface area contributed by atoms with Gasteiger partial charge in [-0.05, 0) is 60.5 Å². The van der Waals surface area contributed by atoms with E-state index in [0.29, 0.717) is 5.56 Å². The van der Waals surface area contributed by atoms with Crippen LogP contribution < -0.4 is 20.5 Å². The second-order valence-electron chi connectivity index (χ2n) is 8.16. The molecule has 36 heavy (non-hydrogen) atoms. The SMILES string of the molecule is COc1ccc2cc3c(nc2c1)N(c1ccc(C(=O)NNC(=O)c2ccccc2[N+](=O)[O-])cc1)CC3. The molecule has 0 saturated heterocycles. The number of hydrogen-bond donors (Lipinski definition) is 2. The van der Waals surface area contributed by atoms with E-state index < -0.39 is 16.7 Å². The third-order valence-corrected chi connectivity index (χ3v) is 6.02. The fourth-order valence-electron chi connectivity index (χ4n) is 4.19. The van der Waals surface area contributed by atoms with E-state index in [0.717, 1.165) is 46.7 Å². The number of pyridine rings is 1. The summed E-state index contributed by atoms with van der Waals surface area (Å²) in [6.45, 7) is 0.757. The first-order valence-electron chi connectivity index (χ1n) is 11.1. The third kappa shape index (κ3) is 4.27. The molecule has 4 aromatic rings. The van der Waals surface area contributed by atoms with Crippen LogP contribution >= 0.6 is 0 Å². The molecular weight excluding hydrogens is 462 g/mol. The monoisotopic (exact) mass is 483 g/mol. The molecule has 10 heteroatoms. The highest BCUT2D eigenvalue weighted by molar-refractivity contribution is 6.01. The number of para-hydroxylation sites is 1. The number of carbonyl (C=O) groups is 2. The van der Waals surface area contributed by atoms with Crippen LogP contribution in [0.3, 0.4) is 0 Å². The standard InChI is InChI=1S/C26H21N5O5/c1-36-20-11-8-17-14-18-12-13-30(24(18)27-22(17)15-20)19-9-6-16(7-10-19)25(32)28-29-26(33)21-4-2-3-5-23(21)31(34)35/h2-11,14-15H,12-13H2,1H3,(H,28,32)(H,29,33). The highest BCUT2D eigenvalue weighted by Gasteiger charge is 2.24. The summed E-state index contributed by atoms with van der Waals surface area (Å²) >= 11 is 0. The Morgan fingerprint density at radius 1 is 1.00 bits per heavy atom. The lowest BCUT2D eigenvalue weighted by atomic mass is 10.1. The predicted octanol–water partition coefficient (Wildman–Crippen LogP) is 3.92. The highest BCUT2D eigenvalue weighted by Crippen LogP contribution is 2.35. The van der Waals surface area contributed by atoms with Crippen LogP contribution in [-0.4, -0.2) is 35.4 Å². The molecular formula is C26H21N5O5. The number of benzene rings is 3. The number of nitro benzene ring substituents is 1. The number of fused-ring (bicyclic) bond motifs is 2. The first-order chi connectivity index (χ1) is 17.4. The summed E-state index contributed by atoms with van der Waals surface area (Å²) in [5.74, 6) is 0.274. The Bertz CT molecular complexity index is 1500. The van der Waals surface area contributed by atoms with Gasteiger partial charge in [0.2, 0.25) is 0 Å². The van der Waals surface area contributed by atoms with Gasteiger partial charge in [-0.25, -0.2) is 4.98 Å². The van der Waals surface area contributed by atoms with Crippen LogP contribution in [0.1, 0.15) is 26.3 Å². The summed E-state index contributed by atoms with van der Waals surface area (Å²) < 4.78 is 5.32. The number of rotatable bonds is 5. The fourth-order valence-corrected chi connectivity index (χ4v) is 4.19. The molecule has 0 radical (unpaired) electrons. The van der Waals surface area contributed by atoms with Gasteiger partial charge < -0.3 is 9.64 Å². The summed E-state index contributed by atoms with van der Waals surface area (Å²) in [5.41, 5.74) is 7.21. The van der Waals surface area contributed by atoms with Crippen LogP contribution in [0.15, 0.2) is 72.8 Å². The molecule has 0 fully saturated rings. The number of nitrogens with one attached hydrogen (secondary N) is 2. The molecule has 1 aliphatic heterocycles. The smallest absolute Gasteiger partial charge is 0.282 e. The maximum Gasteiger partial charge on any atom is 0.282 e. The van der Waals surface area contributed by atoms with Crippen molar-refractivity contribution >= 4 is 39.9 Å². The van der Waals surface area contributed by atoms with E-state index in [9.17, 15) is 19.7 Å². The number of carbonyl (C=O) groups excluding carboxylic acids is 2. The number of methoxy groups -OCH3 is 1. The average Bonchev–Trinajstić information content (AvgIpc) is 3.32. The van der Waals surface area contributed by atoms with E-state index >= 15 is 0 Å². The Morgan fingerprint density at radius 3 is 2.50 bits per heavy atom. The zero-order valence-corrected chi connectivity index (χ0v) is 19.2. The molecule has 0 bridgehead atoms. The lowest BCUT2D eigenvalue weighted by Crippen LogP contribution is -2.41. The summed E-state index contributed by atoms with van der Waals surface area (Å²) in [7, 11) is 1.62. The van der Waals surface area contributed by atoms with Crippen molar-refractivity contribution in [3.63, 3.8) is 0 Å². The van der Waals surface area contributed by atoms with Crippen LogP contribution in [0.4, 0.5) is 17.2 Å². The minimum absolute atomic E-state index is 0.150. The van der Waals surface area contributed by atoms with Crippen molar-refractivity contribution in [1.29, 1.82) is 0 Å². The second-order valence-corrected chi connectivity index (χ2v) is 8.16. The number of hydrogen-bond acceptors (Lipinski definition) is 7. The van der Waals surface area contributed by atoms with Gasteiger partial charge in [-0.3, -0.25) is 30.6 Å². The minimum atomic E-state index is -0.782. The van der Waals surface area contributed by atoms with Crippen LogP contribution in [0.2, 0.25) is 0 Å². The van der Waals surface area contributed by atoms with Gasteiger partial charge in [0.25, 0.3) is 17.5 Å². The van der Waals surface area contributed by atoms with Gasteiger partial charge in [0.05, 0.1) is 17.5 Å². The van der Waals surface area contributed by atoms with E-state index in [-0.39, 0.29) is 11.3 Å². The Labute approximate surface area is 205 Å². The minimum Gasteiger partial charge on any atom is -0.497 e. The summed E-state index contributed by atoms with van der Waals surface area (Å²) in [6.07, 6.45) is 0.851. The Morgan fingerprint density at radius 2 is 1.75 bits per heavy atom. The molecule has 180 valence electrons. The quantitative estimate of drug-likeness (QED) is 0.325. The molecule has 0 saturated carbocycles. The molecule has 2 amide bonds. The Hall–Kier alpha value is -4.99. The van der Waals surface area contributed by atoms with Gasteiger partial charge >= 0.3 is 0 Å². The lowest BCUT2D eigenvalue weighted by molar-refractivity contribution is -0.385. The topological polar surface area (TPSA) is 127 Å². The van der Waals surface area contributed by atoms with Crippen molar-refractivity contribution in [2.75, 3.05) is 18.6 Å². The Kier molecular flexibility index (Phi) is 5.91. The number of anilines is 2. The maximum atomic E-state index is 12.5. The number of hydrazine groups is 1. The van der Waals surface area contributed by atoms with Gasteiger partial charge in [-0.2, -0.15) is 0 Å². The van der Waals surface area contributed by atoms with Crippen molar-refractivity contribution in [3.05, 3.63) is 99.6 Å². The van der Waals surface area contributed by atoms with Gasteiger partial charge in [-0.15, -0.1) is 0 Å². The van der Waals surface area contributed by atoms with E-state index in [1.807, 2.05) is 30.3 Å². The van der Waals surface area contributed by atoms with Crippen molar-refractivity contribution in [2.45, 2.75) is 6.42 Å². The van der Waals surface area contributed by atoms with E-state index in [1.165, 1.54) is 24.3 Å². The van der Waals surface area contributed by atoms with E-state index in [4.69, 9.17) is 9.72 Å². The summed E-state index contributed by atoms with van der Waals surface area (Å²) in [4.78, 5) is 42.3. The molecule has 0 spiro atoms. The van der Waals surface area contributed by atoms with Crippen molar-refractivity contribution < 1.29 is 19.2 Å². The summed E-state index contributed by atoms with van der Waals surface area (Å²) in [6, 6.07) is 20.4. The highest BCUT2D eigenvalue weighted by atomic mass is 16.6. The first kappa shape index (κ1) is 22.8. The average molecular weight is 483 g/mol. The number of aromatic nitrogens is 1. The van der Waals surface area contributed by atoms with Crippen molar-refractivity contribution in [1.82, 2.24) is 15.8 Å². The van der Waals surface area contributed by atoms with Gasteiger partial charge in [-0.1, -0.05) is 12.1 Å². The van der Waals surface area contributed by atoms with Crippen LogP contribution in [0.5, 0.6) is 5.75 Å². The molecule has 0 aliphatic carbocycles. The maximum absolute atomic E-state index is 12.5. The van der Waals surface area contributed by atoms with E-state index in [1.54, 1.807) is 19.2 Å². The third-order valence-electron chi connectivity index (χ3n) is 6.02. The molecule has 1 aromatic heterocycles. The normalized spacial score (nSPS) is 12.2. The molecule has 1 aliphatic rings. The predicted molar refractivity (Wildman–Crippen MR) is 133 cm³/mol. The molecule has 5 rings (SSSR count). The lowest BCUT2D eigenvalue weighted by Gasteiger charge is -2.19. The molecule has 0 unspecified atom stereocenters. The largest absolute Gasteiger partial charge is 0.497 e. The molecule has 0 atom stereocenters. The van der Waals surface area contributed by atoms with Gasteiger partial charge in [0.1, 0.15) is 17.1 Å². The molecule has 2 heterocycles. The van der Waals surface area contributed by atoms with Crippen LogP contribution in [0.25, 0.3) is 10.9 Å². The van der Waals surface area contributed by atoms with Crippen molar-refractivity contribution in [3.8, 4) is 5.75 Å². The molecule has 3 aromatic carbocycles. The van der Waals surface area contributed by atoms with Crippen LogP contribution in [-0.2, 0) is 6.42 Å². The Balaban J connectivity index is 1.29. The second kappa shape index (κ2) is 9.34.